The van der Waals surface area contributed by atoms with Crippen molar-refractivity contribution in [1.29, 1.82) is 0 Å². The Morgan fingerprint density at radius 2 is 1.95 bits per heavy atom. The fourth-order valence-electron chi connectivity index (χ4n) is 2.44. The molecule has 1 saturated heterocycles. The van der Waals surface area contributed by atoms with Crippen LogP contribution in [0.2, 0.25) is 0 Å². The van der Waals surface area contributed by atoms with Crippen LogP contribution in [-0.2, 0) is 0 Å². The Labute approximate surface area is 128 Å². The molecule has 0 radical (unpaired) electrons. The fourth-order valence-corrected chi connectivity index (χ4v) is 2.73. The predicted octanol–water partition coefficient (Wildman–Crippen LogP) is 3.41. The van der Waals surface area contributed by atoms with Gasteiger partial charge in [-0.05, 0) is 28.3 Å². The molecule has 0 spiro atoms. The van der Waals surface area contributed by atoms with Gasteiger partial charge < -0.3 is 4.90 Å². The highest BCUT2D eigenvalue weighted by Crippen LogP contribution is 2.31. The number of likely N-dealkylation sites (tertiary alicyclic amines) is 1. The van der Waals surface area contributed by atoms with Crippen molar-refractivity contribution in [2.75, 3.05) is 13.1 Å². The number of hydrazone groups is 1. The van der Waals surface area contributed by atoms with E-state index in [-0.39, 0.29) is 6.03 Å². The number of nitrogens with zero attached hydrogens (tertiary/aromatic N) is 3. The van der Waals surface area contributed by atoms with Crippen LogP contribution in [0.1, 0.15) is 18.0 Å². The minimum Gasteiger partial charge on any atom is -0.315 e. The average molecular weight is 356 g/mol. The van der Waals surface area contributed by atoms with Gasteiger partial charge in [-0.3, -0.25) is 0 Å². The topological polar surface area (TPSA) is 35.9 Å². The lowest BCUT2D eigenvalue weighted by Gasteiger charge is -2.37. The van der Waals surface area contributed by atoms with Crippen molar-refractivity contribution < 1.29 is 13.6 Å². The van der Waals surface area contributed by atoms with Crippen molar-refractivity contribution in [3.05, 3.63) is 46.0 Å². The molecule has 1 aromatic carbocycles. The summed E-state index contributed by atoms with van der Waals surface area (Å²) in [5, 5.41) is 5.34. The van der Waals surface area contributed by atoms with Gasteiger partial charge in [0.15, 0.2) is 0 Å². The summed E-state index contributed by atoms with van der Waals surface area (Å²) >= 11 is 3.22. The van der Waals surface area contributed by atoms with Gasteiger partial charge in [-0.2, -0.15) is 5.10 Å². The Bertz CT molecular complexity index is 619. The second-order valence-corrected chi connectivity index (χ2v) is 5.46. The van der Waals surface area contributed by atoms with Crippen LogP contribution in [0.3, 0.4) is 0 Å². The Morgan fingerprint density at radius 3 is 2.57 bits per heavy atom. The summed E-state index contributed by atoms with van der Waals surface area (Å²) < 4.78 is 26.7. The van der Waals surface area contributed by atoms with E-state index in [0.29, 0.717) is 25.1 Å². The monoisotopic (exact) mass is 355 g/mol. The Balaban J connectivity index is 1.79. The zero-order valence-electron chi connectivity index (χ0n) is 11.0. The van der Waals surface area contributed by atoms with Gasteiger partial charge in [0.25, 0.3) is 0 Å². The van der Waals surface area contributed by atoms with E-state index in [1.807, 2.05) is 0 Å². The number of benzene rings is 1. The molecule has 1 atom stereocenters. The van der Waals surface area contributed by atoms with E-state index in [4.69, 9.17) is 0 Å². The molecule has 2 aliphatic heterocycles. The van der Waals surface area contributed by atoms with Gasteiger partial charge in [-0.15, -0.1) is 0 Å². The van der Waals surface area contributed by atoms with E-state index in [9.17, 15) is 13.6 Å². The molecule has 110 valence electrons. The molecular weight excluding hydrogens is 344 g/mol. The molecule has 2 amide bonds. The molecule has 0 saturated carbocycles. The summed E-state index contributed by atoms with van der Waals surface area (Å²) in [5.41, 5.74) is 1.52. The molecular formula is C14H12BrF2N3O. The van der Waals surface area contributed by atoms with Crippen molar-refractivity contribution in [2.24, 2.45) is 5.10 Å². The Hall–Kier alpha value is -1.76. The maximum Gasteiger partial charge on any atom is 0.341 e. The molecule has 2 aliphatic rings. The number of rotatable bonds is 1. The van der Waals surface area contributed by atoms with Gasteiger partial charge in [-0.1, -0.05) is 15.9 Å². The molecule has 2 heterocycles. The van der Waals surface area contributed by atoms with Crippen LogP contribution in [-0.4, -0.2) is 35.2 Å². The Morgan fingerprint density at radius 1 is 1.29 bits per heavy atom. The van der Waals surface area contributed by atoms with E-state index in [1.54, 1.807) is 16.1 Å². The van der Waals surface area contributed by atoms with Gasteiger partial charge in [-0.25, -0.2) is 18.6 Å². The highest BCUT2D eigenvalue weighted by Gasteiger charge is 2.35. The molecule has 21 heavy (non-hydrogen) atoms. The van der Waals surface area contributed by atoms with Crippen LogP contribution in [0.15, 0.2) is 33.9 Å². The number of urea groups is 1. The molecule has 0 N–H and O–H groups in total. The lowest BCUT2D eigenvalue weighted by atomic mass is 10.0. The summed E-state index contributed by atoms with van der Waals surface area (Å²) in [5.74, 6) is -1.31. The quantitative estimate of drug-likeness (QED) is 0.760. The van der Waals surface area contributed by atoms with Crippen LogP contribution in [0, 0.1) is 11.6 Å². The number of halogens is 3. The highest BCUT2D eigenvalue weighted by molar-refractivity contribution is 9.11. The minimum atomic E-state index is -0.655. The molecule has 7 heteroatoms. The van der Waals surface area contributed by atoms with Crippen molar-refractivity contribution in [2.45, 2.75) is 12.5 Å². The first-order valence-electron chi connectivity index (χ1n) is 6.43. The molecule has 0 aliphatic carbocycles. The van der Waals surface area contributed by atoms with Gasteiger partial charge in [0.05, 0.1) is 6.04 Å². The largest absolute Gasteiger partial charge is 0.341 e. The standard InChI is InChI=1S/C14H12BrF2N3O/c15-6-9-7-19(8-9)14(21)20-13(1-2-18-20)10-3-11(16)5-12(17)4-10/h2-6,13H,1,7-8H2/t13-/m0/s1. The smallest absolute Gasteiger partial charge is 0.315 e. The van der Waals surface area contributed by atoms with Gasteiger partial charge in [0, 0.05) is 31.8 Å². The van der Waals surface area contributed by atoms with Crippen molar-refractivity contribution in [3.8, 4) is 0 Å². The lowest BCUT2D eigenvalue weighted by molar-refractivity contribution is 0.135. The number of carbonyl (C=O) groups excluding carboxylic acids is 1. The molecule has 1 fully saturated rings. The van der Waals surface area contributed by atoms with Crippen LogP contribution in [0.4, 0.5) is 13.6 Å². The molecule has 4 nitrogen and oxygen atoms in total. The second kappa shape index (κ2) is 5.55. The third kappa shape index (κ3) is 2.70. The van der Waals surface area contributed by atoms with Crippen molar-refractivity contribution in [1.82, 2.24) is 9.91 Å². The first-order chi connectivity index (χ1) is 10.1. The van der Waals surface area contributed by atoms with Gasteiger partial charge in [0.1, 0.15) is 11.6 Å². The maximum atomic E-state index is 13.3. The predicted molar refractivity (Wildman–Crippen MR) is 78.0 cm³/mol. The van der Waals surface area contributed by atoms with Crippen molar-refractivity contribution >= 4 is 28.2 Å². The summed E-state index contributed by atoms with van der Waals surface area (Å²) in [6, 6.07) is 2.58. The third-order valence-electron chi connectivity index (χ3n) is 3.51. The molecule has 3 rings (SSSR count). The van der Waals surface area contributed by atoms with E-state index >= 15 is 0 Å². The number of carbonyl (C=O) groups is 1. The molecule has 0 bridgehead atoms. The zero-order chi connectivity index (χ0) is 15.0. The first-order valence-corrected chi connectivity index (χ1v) is 7.35. The van der Waals surface area contributed by atoms with Crippen LogP contribution >= 0.6 is 15.9 Å². The van der Waals surface area contributed by atoms with E-state index in [0.717, 1.165) is 11.6 Å². The SMILES string of the molecule is O=C(N1CC(=CBr)C1)N1N=CC[C@H]1c1cc(F)cc(F)c1. The molecule has 0 unspecified atom stereocenters. The van der Waals surface area contributed by atoms with E-state index < -0.39 is 17.7 Å². The highest BCUT2D eigenvalue weighted by atomic mass is 79.9. The minimum absolute atomic E-state index is 0.253. The van der Waals surface area contributed by atoms with Crippen LogP contribution < -0.4 is 0 Å². The maximum absolute atomic E-state index is 13.3. The second-order valence-electron chi connectivity index (χ2n) is 5.00. The summed E-state index contributed by atoms with van der Waals surface area (Å²) in [6.07, 6.45) is 2.04. The normalized spacial score (nSPS) is 20.7. The first kappa shape index (κ1) is 14.2. The van der Waals surface area contributed by atoms with E-state index in [1.165, 1.54) is 17.1 Å². The third-order valence-corrected chi connectivity index (χ3v) is 4.16. The number of hydrogen-bond acceptors (Lipinski definition) is 2. The Kier molecular flexibility index (Phi) is 3.75. The van der Waals surface area contributed by atoms with Crippen LogP contribution in [0.5, 0.6) is 0 Å². The lowest BCUT2D eigenvalue weighted by Crippen LogP contribution is -2.49. The summed E-state index contributed by atoms with van der Waals surface area (Å²) in [6.45, 7) is 1.08. The average Bonchev–Trinajstić information content (AvgIpc) is 2.85. The molecule has 1 aromatic rings. The van der Waals surface area contributed by atoms with E-state index in [2.05, 4.69) is 21.0 Å². The summed E-state index contributed by atoms with van der Waals surface area (Å²) in [7, 11) is 0. The number of amides is 2. The fraction of sp³-hybridized carbons (Fsp3) is 0.286. The van der Waals surface area contributed by atoms with Crippen LogP contribution in [0.25, 0.3) is 0 Å². The zero-order valence-corrected chi connectivity index (χ0v) is 12.6. The van der Waals surface area contributed by atoms with Gasteiger partial charge >= 0.3 is 6.03 Å². The van der Waals surface area contributed by atoms with Crippen molar-refractivity contribution in [3.63, 3.8) is 0 Å². The van der Waals surface area contributed by atoms with Gasteiger partial charge in [0.2, 0.25) is 0 Å². The number of hydrogen-bond donors (Lipinski definition) is 0. The summed E-state index contributed by atoms with van der Waals surface area (Å²) in [4.78, 5) is 15.8. The molecule has 0 aromatic heterocycles.